The lowest BCUT2D eigenvalue weighted by atomic mass is 9.89. The molecule has 2 N–H and O–H groups in total. The summed E-state index contributed by atoms with van der Waals surface area (Å²) in [6.45, 7) is 5.27. The normalized spacial score (nSPS) is 21.1. The molecule has 0 aliphatic heterocycles. The molecule has 0 amide bonds. The van der Waals surface area contributed by atoms with E-state index in [9.17, 15) is 10.1 Å². The molecule has 0 atom stereocenters. The highest BCUT2D eigenvalue weighted by atomic mass is 16.6. The summed E-state index contributed by atoms with van der Waals surface area (Å²) in [5.41, 5.74) is 1.26. The molecule has 0 heterocycles. The highest BCUT2D eigenvalue weighted by molar-refractivity contribution is 5.76. The van der Waals surface area contributed by atoms with Gasteiger partial charge in [-0.05, 0) is 38.8 Å². The molecule has 2 rings (SSSR count). The van der Waals surface area contributed by atoms with E-state index in [0.29, 0.717) is 24.5 Å². The Morgan fingerprint density at radius 3 is 2.65 bits per heavy atom. The molecular formula is C14H21N3O3. The molecule has 1 saturated carbocycles. The summed E-state index contributed by atoms with van der Waals surface area (Å²) in [6.07, 6.45) is 2.08. The number of nitrogens with zero attached hydrogens (tertiary/aromatic N) is 1. The molecule has 20 heavy (non-hydrogen) atoms. The third kappa shape index (κ3) is 3.19. The Bertz CT molecular complexity index is 473. The number of nitro benzene ring substituents is 1. The van der Waals surface area contributed by atoms with E-state index in [4.69, 9.17) is 4.74 Å². The minimum Gasteiger partial charge on any atom is -0.380 e. The first-order chi connectivity index (χ1) is 9.65. The molecule has 110 valence electrons. The van der Waals surface area contributed by atoms with Gasteiger partial charge in [0.15, 0.2) is 0 Å². The van der Waals surface area contributed by atoms with E-state index < -0.39 is 0 Å². The molecule has 0 bridgehead atoms. The number of benzene rings is 1. The van der Waals surface area contributed by atoms with Crippen LogP contribution in [0, 0.1) is 10.1 Å². The summed E-state index contributed by atoms with van der Waals surface area (Å²) >= 11 is 0. The van der Waals surface area contributed by atoms with Crippen LogP contribution in [0.25, 0.3) is 0 Å². The first kappa shape index (κ1) is 14.6. The lowest BCUT2D eigenvalue weighted by Gasteiger charge is -2.35. The number of para-hydroxylation sites is 1. The standard InChI is InChI=1S/C14H21N3O3/c1-3-15-12-6-5-7-13(14(12)17(18)19)16-10-8-11(9-10)20-4-2/h5-7,10-11,15-16H,3-4,8-9H2,1-2H3. The van der Waals surface area contributed by atoms with Crippen molar-refractivity contribution in [3.05, 3.63) is 28.3 Å². The van der Waals surface area contributed by atoms with Crippen molar-refractivity contribution in [2.24, 2.45) is 0 Å². The molecular weight excluding hydrogens is 258 g/mol. The van der Waals surface area contributed by atoms with Crippen LogP contribution >= 0.6 is 0 Å². The van der Waals surface area contributed by atoms with Gasteiger partial charge in [-0.25, -0.2) is 0 Å². The van der Waals surface area contributed by atoms with Gasteiger partial charge in [-0.3, -0.25) is 10.1 Å². The van der Waals surface area contributed by atoms with E-state index in [-0.39, 0.29) is 22.8 Å². The van der Waals surface area contributed by atoms with Gasteiger partial charge in [0.05, 0.1) is 11.0 Å². The smallest absolute Gasteiger partial charge is 0.315 e. The number of ether oxygens (including phenoxy) is 1. The zero-order chi connectivity index (χ0) is 14.5. The van der Waals surface area contributed by atoms with Gasteiger partial charge in [-0.2, -0.15) is 0 Å². The fraction of sp³-hybridized carbons (Fsp3) is 0.571. The van der Waals surface area contributed by atoms with Crippen LogP contribution in [0.4, 0.5) is 17.1 Å². The Morgan fingerprint density at radius 1 is 1.35 bits per heavy atom. The van der Waals surface area contributed by atoms with E-state index in [1.54, 1.807) is 12.1 Å². The third-order valence-electron chi connectivity index (χ3n) is 3.44. The highest BCUT2D eigenvalue weighted by Crippen LogP contribution is 2.35. The second kappa shape index (κ2) is 6.56. The Morgan fingerprint density at radius 2 is 2.05 bits per heavy atom. The van der Waals surface area contributed by atoms with Gasteiger partial charge in [0.2, 0.25) is 0 Å². The molecule has 1 aromatic rings. The first-order valence-electron chi connectivity index (χ1n) is 7.05. The van der Waals surface area contributed by atoms with Crippen LogP contribution in [0.15, 0.2) is 18.2 Å². The van der Waals surface area contributed by atoms with Crippen molar-refractivity contribution < 1.29 is 9.66 Å². The SMILES string of the molecule is CCNc1cccc(NC2CC(OCC)C2)c1[N+](=O)[O-]. The molecule has 0 aromatic heterocycles. The molecule has 6 heteroatoms. The van der Waals surface area contributed by atoms with Crippen LogP contribution in [0.3, 0.4) is 0 Å². The summed E-state index contributed by atoms with van der Waals surface area (Å²) in [5, 5.41) is 17.6. The molecule has 0 spiro atoms. The highest BCUT2D eigenvalue weighted by Gasteiger charge is 2.31. The molecule has 0 radical (unpaired) electrons. The van der Waals surface area contributed by atoms with Gasteiger partial charge in [-0.15, -0.1) is 0 Å². The largest absolute Gasteiger partial charge is 0.380 e. The lowest BCUT2D eigenvalue weighted by Crippen LogP contribution is -2.40. The molecule has 0 saturated heterocycles. The molecule has 6 nitrogen and oxygen atoms in total. The average Bonchev–Trinajstić information content (AvgIpc) is 2.36. The van der Waals surface area contributed by atoms with Crippen LogP contribution in [-0.4, -0.2) is 30.2 Å². The summed E-state index contributed by atoms with van der Waals surface area (Å²) in [4.78, 5) is 10.9. The van der Waals surface area contributed by atoms with Crippen LogP contribution < -0.4 is 10.6 Å². The first-order valence-corrected chi connectivity index (χ1v) is 7.05. The van der Waals surface area contributed by atoms with Crippen LogP contribution in [0.1, 0.15) is 26.7 Å². The zero-order valence-corrected chi connectivity index (χ0v) is 11.9. The third-order valence-corrected chi connectivity index (χ3v) is 3.44. The van der Waals surface area contributed by atoms with Crippen LogP contribution in [-0.2, 0) is 4.74 Å². The fourth-order valence-corrected chi connectivity index (χ4v) is 2.46. The van der Waals surface area contributed by atoms with Gasteiger partial charge < -0.3 is 15.4 Å². The summed E-state index contributed by atoms with van der Waals surface area (Å²) in [5.74, 6) is 0. The number of rotatable bonds is 7. The Labute approximate surface area is 118 Å². The Hall–Kier alpha value is -1.82. The Balaban J connectivity index is 2.08. The van der Waals surface area contributed by atoms with E-state index >= 15 is 0 Å². The van der Waals surface area contributed by atoms with E-state index in [0.717, 1.165) is 12.8 Å². The van der Waals surface area contributed by atoms with Gasteiger partial charge in [0.25, 0.3) is 0 Å². The molecule has 1 aliphatic rings. The Kier molecular flexibility index (Phi) is 4.79. The summed E-state index contributed by atoms with van der Waals surface area (Å²) in [7, 11) is 0. The fourth-order valence-electron chi connectivity index (χ4n) is 2.46. The summed E-state index contributed by atoms with van der Waals surface area (Å²) < 4.78 is 5.50. The topological polar surface area (TPSA) is 76.4 Å². The van der Waals surface area contributed by atoms with Crippen molar-refractivity contribution in [1.82, 2.24) is 0 Å². The van der Waals surface area contributed by atoms with Crippen molar-refractivity contribution in [2.45, 2.75) is 38.8 Å². The monoisotopic (exact) mass is 279 g/mol. The maximum atomic E-state index is 11.3. The van der Waals surface area contributed by atoms with Crippen molar-refractivity contribution >= 4 is 17.1 Å². The zero-order valence-electron chi connectivity index (χ0n) is 11.9. The predicted octanol–water partition coefficient (Wildman–Crippen LogP) is 3.01. The van der Waals surface area contributed by atoms with Crippen molar-refractivity contribution in [3.63, 3.8) is 0 Å². The van der Waals surface area contributed by atoms with Gasteiger partial charge >= 0.3 is 5.69 Å². The number of nitro groups is 1. The van der Waals surface area contributed by atoms with Crippen molar-refractivity contribution in [1.29, 1.82) is 0 Å². The van der Waals surface area contributed by atoms with Crippen LogP contribution in [0.5, 0.6) is 0 Å². The molecule has 1 fully saturated rings. The van der Waals surface area contributed by atoms with Crippen LogP contribution in [0.2, 0.25) is 0 Å². The maximum absolute atomic E-state index is 11.3. The van der Waals surface area contributed by atoms with E-state index in [1.807, 2.05) is 19.9 Å². The quantitative estimate of drug-likeness (QED) is 0.592. The molecule has 1 aromatic carbocycles. The summed E-state index contributed by atoms with van der Waals surface area (Å²) in [6, 6.07) is 5.57. The van der Waals surface area contributed by atoms with Gasteiger partial charge in [-0.1, -0.05) is 6.07 Å². The second-order valence-electron chi connectivity index (χ2n) is 4.88. The molecule has 1 aliphatic carbocycles. The maximum Gasteiger partial charge on any atom is 0.315 e. The average molecular weight is 279 g/mol. The number of hydrogen-bond donors (Lipinski definition) is 2. The van der Waals surface area contributed by atoms with Gasteiger partial charge in [0.1, 0.15) is 11.4 Å². The number of anilines is 2. The lowest BCUT2D eigenvalue weighted by molar-refractivity contribution is -0.383. The predicted molar refractivity (Wildman–Crippen MR) is 79.3 cm³/mol. The number of nitrogens with one attached hydrogen (secondary N) is 2. The second-order valence-corrected chi connectivity index (χ2v) is 4.88. The molecule has 0 unspecified atom stereocenters. The van der Waals surface area contributed by atoms with E-state index in [1.165, 1.54) is 0 Å². The number of hydrogen-bond acceptors (Lipinski definition) is 5. The van der Waals surface area contributed by atoms with Gasteiger partial charge in [0, 0.05) is 19.2 Å². The minimum absolute atomic E-state index is 0.120. The minimum atomic E-state index is -0.334. The van der Waals surface area contributed by atoms with E-state index in [2.05, 4.69) is 10.6 Å². The van der Waals surface area contributed by atoms with Crippen molar-refractivity contribution in [3.8, 4) is 0 Å². The van der Waals surface area contributed by atoms with Crippen molar-refractivity contribution in [2.75, 3.05) is 23.8 Å².